The number of carbonyl (C=O) groups is 1. The van der Waals surface area contributed by atoms with E-state index in [9.17, 15) is 4.79 Å². The van der Waals surface area contributed by atoms with Crippen molar-refractivity contribution in [2.45, 2.75) is 43.1 Å². The molecule has 1 heterocycles. The van der Waals surface area contributed by atoms with Crippen molar-refractivity contribution in [3.63, 3.8) is 0 Å². The Morgan fingerprint density at radius 2 is 2.25 bits per heavy atom. The van der Waals surface area contributed by atoms with Gasteiger partial charge in [0.25, 0.3) is 0 Å². The van der Waals surface area contributed by atoms with Crippen LogP contribution in [0.15, 0.2) is 11.6 Å². The molecular weight excluding hydrogens is 276 g/mol. The molecule has 3 atom stereocenters. The predicted octanol–water partition coefficient (Wildman–Crippen LogP) is 1.77. The molecule has 4 nitrogen and oxygen atoms in total. The van der Waals surface area contributed by atoms with Crippen molar-refractivity contribution in [3.8, 4) is 0 Å². The van der Waals surface area contributed by atoms with Crippen LogP contribution in [0.4, 0.5) is 0 Å². The number of alkyl halides is 1. The van der Waals surface area contributed by atoms with E-state index in [1.165, 1.54) is 7.11 Å². The third kappa shape index (κ3) is 2.17. The molecule has 90 valence electrons. The lowest BCUT2D eigenvalue weighted by molar-refractivity contribution is -0.142. The van der Waals surface area contributed by atoms with Gasteiger partial charge in [-0.25, -0.2) is 4.79 Å². The van der Waals surface area contributed by atoms with Gasteiger partial charge in [0.15, 0.2) is 5.79 Å². The first-order chi connectivity index (χ1) is 7.43. The van der Waals surface area contributed by atoms with Crippen LogP contribution in [0.1, 0.15) is 20.3 Å². The van der Waals surface area contributed by atoms with Crippen LogP contribution in [-0.2, 0) is 19.0 Å². The summed E-state index contributed by atoms with van der Waals surface area (Å²) in [6.45, 7) is 3.74. The zero-order chi connectivity index (χ0) is 11.9. The molecule has 0 spiro atoms. The first-order valence-corrected chi connectivity index (χ1v) is 6.13. The molecule has 0 amide bonds. The second-order valence-corrected chi connectivity index (χ2v) is 5.64. The number of hydrogen-bond donors (Lipinski definition) is 0. The Morgan fingerprint density at radius 3 is 2.88 bits per heavy atom. The molecule has 16 heavy (non-hydrogen) atoms. The van der Waals surface area contributed by atoms with E-state index < -0.39 is 5.79 Å². The Balaban J connectivity index is 2.21. The maximum atomic E-state index is 11.5. The van der Waals surface area contributed by atoms with Gasteiger partial charge in [-0.3, -0.25) is 0 Å². The second kappa shape index (κ2) is 4.13. The van der Waals surface area contributed by atoms with Crippen molar-refractivity contribution in [1.29, 1.82) is 0 Å². The van der Waals surface area contributed by atoms with Crippen LogP contribution in [0.2, 0.25) is 0 Å². The van der Waals surface area contributed by atoms with E-state index in [-0.39, 0.29) is 23.0 Å². The SMILES string of the molecule is COC(=O)C1=C[C@H]2OC(C)(C)O[C@H]2[C@@H](Br)C1. The van der Waals surface area contributed by atoms with E-state index in [0.29, 0.717) is 12.0 Å². The summed E-state index contributed by atoms with van der Waals surface area (Å²) in [5, 5.41) is 0. The lowest BCUT2D eigenvalue weighted by atomic mass is 9.95. The van der Waals surface area contributed by atoms with Crippen molar-refractivity contribution in [1.82, 2.24) is 0 Å². The maximum absolute atomic E-state index is 11.5. The zero-order valence-corrected chi connectivity index (χ0v) is 11.1. The van der Waals surface area contributed by atoms with Gasteiger partial charge in [-0.05, 0) is 26.3 Å². The molecule has 5 heteroatoms. The molecule has 0 N–H and O–H groups in total. The average molecular weight is 291 g/mol. The first-order valence-electron chi connectivity index (χ1n) is 5.21. The summed E-state index contributed by atoms with van der Waals surface area (Å²) in [5.41, 5.74) is 0.645. The van der Waals surface area contributed by atoms with Gasteiger partial charge in [0.2, 0.25) is 0 Å². The summed E-state index contributed by atoms with van der Waals surface area (Å²) in [6, 6.07) is 0. The Bertz CT molecular complexity index is 337. The van der Waals surface area contributed by atoms with Crippen LogP contribution >= 0.6 is 15.9 Å². The van der Waals surface area contributed by atoms with Gasteiger partial charge < -0.3 is 14.2 Å². The number of hydrogen-bond acceptors (Lipinski definition) is 4. The smallest absolute Gasteiger partial charge is 0.333 e. The Morgan fingerprint density at radius 1 is 1.56 bits per heavy atom. The van der Waals surface area contributed by atoms with Crippen LogP contribution in [0.25, 0.3) is 0 Å². The van der Waals surface area contributed by atoms with Gasteiger partial charge in [0.1, 0.15) is 12.2 Å². The van der Waals surface area contributed by atoms with E-state index in [2.05, 4.69) is 15.9 Å². The fourth-order valence-corrected chi connectivity index (χ4v) is 2.86. The maximum Gasteiger partial charge on any atom is 0.333 e. The van der Waals surface area contributed by atoms with E-state index in [1.807, 2.05) is 19.9 Å². The molecule has 1 fully saturated rings. The number of rotatable bonds is 1. The number of carbonyl (C=O) groups excluding carboxylic acids is 1. The van der Waals surface area contributed by atoms with Gasteiger partial charge in [-0.15, -0.1) is 0 Å². The highest BCUT2D eigenvalue weighted by molar-refractivity contribution is 9.09. The van der Waals surface area contributed by atoms with Crippen LogP contribution in [0, 0.1) is 0 Å². The molecule has 0 aromatic carbocycles. The molecule has 2 aliphatic rings. The fourth-order valence-electron chi connectivity index (χ4n) is 2.10. The van der Waals surface area contributed by atoms with E-state index >= 15 is 0 Å². The van der Waals surface area contributed by atoms with Crippen molar-refractivity contribution < 1.29 is 19.0 Å². The Hall–Kier alpha value is -0.390. The summed E-state index contributed by atoms with van der Waals surface area (Å²) < 4.78 is 16.2. The van der Waals surface area contributed by atoms with E-state index in [4.69, 9.17) is 14.2 Å². The fraction of sp³-hybridized carbons (Fsp3) is 0.727. The highest BCUT2D eigenvalue weighted by atomic mass is 79.9. The highest BCUT2D eigenvalue weighted by Gasteiger charge is 2.46. The third-order valence-electron chi connectivity index (χ3n) is 2.75. The monoisotopic (exact) mass is 290 g/mol. The number of methoxy groups -OCH3 is 1. The zero-order valence-electron chi connectivity index (χ0n) is 9.53. The summed E-state index contributed by atoms with van der Waals surface area (Å²) in [6.07, 6.45) is 2.20. The van der Waals surface area contributed by atoms with Crippen LogP contribution in [0.5, 0.6) is 0 Å². The lowest BCUT2D eigenvalue weighted by Gasteiger charge is -2.25. The molecule has 0 radical (unpaired) electrons. The standard InChI is InChI=1S/C11H15BrO4/c1-11(2)15-8-5-6(10(13)14-3)4-7(12)9(8)16-11/h5,7-9H,4H2,1-3H3/t7-,8+,9-/m0/s1. The minimum absolute atomic E-state index is 0.0385. The summed E-state index contributed by atoms with van der Waals surface area (Å²) in [7, 11) is 1.38. The third-order valence-corrected chi connectivity index (χ3v) is 3.59. The normalized spacial score (nSPS) is 36.5. The average Bonchev–Trinajstić information content (AvgIpc) is 2.52. The highest BCUT2D eigenvalue weighted by Crippen LogP contribution is 2.38. The van der Waals surface area contributed by atoms with Gasteiger partial charge in [-0.1, -0.05) is 15.9 Å². The summed E-state index contributed by atoms with van der Waals surface area (Å²) in [5.74, 6) is -0.889. The van der Waals surface area contributed by atoms with Crippen LogP contribution in [-0.4, -0.2) is 35.9 Å². The minimum Gasteiger partial charge on any atom is -0.466 e. The quantitative estimate of drug-likeness (QED) is 0.545. The van der Waals surface area contributed by atoms with Crippen LogP contribution in [0.3, 0.4) is 0 Å². The van der Waals surface area contributed by atoms with E-state index in [0.717, 1.165) is 0 Å². The van der Waals surface area contributed by atoms with Crippen molar-refractivity contribution >= 4 is 21.9 Å². The molecule has 0 bridgehead atoms. The Kier molecular flexibility index (Phi) is 3.11. The van der Waals surface area contributed by atoms with Crippen LogP contribution < -0.4 is 0 Å². The van der Waals surface area contributed by atoms with Crippen molar-refractivity contribution in [2.75, 3.05) is 7.11 Å². The topological polar surface area (TPSA) is 44.8 Å². The number of ether oxygens (including phenoxy) is 3. The summed E-state index contributed by atoms with van der Waals surface area (Å²) >= 11 is 3.53. The number of halogens is 1. The second-order valence-electron chi connectivity index (χ2n) is 4.47. The molecule has 0 aromatic rings. The molecule has 1 saturated heterocycles. The first kappa shape index (κ1) is 12.1. The minimum atomic E-state index is -0.594. The van der Waals surface area contributed by atoms with Crippen molar-refractivity contribution in [2.24, 2.45) is 0 Å². The Labute approximate surface area is 103 Å². The van der Waals surface area contributed by atoms with Crippen molar-refractivity contribution in [3.05, 3.63) is 11.6 Å². The largest absolute Gasteiger partial charge is 0.466 e. The molecule has 1 aliphatic heterocycles. The van der Waals surface area contributed by atoms with Gasteiger partial charge >= 0.3 is 5.97 Å². The molecule has 0 aromatic heterocycles. The number of esters is 1. The molecule has 0 saturated carbocycles. The molecule has 0 unspecified atom stereocenters. The molecular formula is C11H15BrO4. The van der Waals surface area contributed by atoms with Gasteiger partial charge in [-0.2, -0.15) is 0 Å². The lowest BCUT2D eigenvalue weighted by Crippen LogP contribution is -2.35. The predicted molar refractivity (Wildman–Crippen MR) is 61.3 cm³/mol. The molecule has 1 aliphatic carbocycles. The van der Waals surface area contributed by atoms with Gasteiger partial charge in [0.05, 0.1) is 7.11 Å². The summed E-state index contributed by atoms with van der Waals surface area (Å²) in [4.78, 5) is 11.5. The number of fused-ring (bicyclic) bond motifs is 1. The van der Waals surface area contributed by atoms with E-state index in [1.54, 1.807) is 0 Å². The molecule has 2 rings (SSSR count). The van der Waals surface area contributed by atoms with Gasteiger partial charge in [0, 0.05) is 10.4 Å².